The van der Waals surface area contributed by atoms with Crippen LogP contribution < -0.4 is 0 Å². The highest BCUT2D eigenvalue weighted by molar-refractivity contribution is 9.11. The van der Waals surface area contributed by atoms with Crippen molar-refractivity contribution in [1.82, 2.24) is 19.1 Å². The van der Waals surface area contributed by atoms with Gasteiger partial charge < -0.3 is 4.57 Å². The number of hydrogen-bond acceptors (Lipinski definition) is 5. The molecule has 2 aliphatic heterocycles. The number of thiophene rings is 1. The second-order valence-electron chi connectivity index (χ2n) is 6.27. The maximum Gasteiger partial charge on any atom is 0.253 e. The maximum absolute atomic E-state index is 13.0. The first-order chi connectivity index (χ1) is 11.6. The SMILES string of the molecule is O=S(=O)(c1ccc(Br)s1)N1CCCC1c1nnc2n1CCCCC2. The van der Waals surface area contributed by atoms with Crippen molar-refractivity contribution >= 4 is 37.3 Å². The van der Waals surface area contributed by atoms with E-state index in [0.717, 1.165) is 54.1 Å². The highest BCUT2D eigenvalue weighted by Gasteiger charge is 2.40. The van der Waals surface area contributed by atoms with E-state index in [1.165, 1.54) is 17.8 Å². The molecule has 6 nitrogen and oxygen atoms in total. The van der Waals surface area contributed by atoms with Gasteiger partial charge in [0, 0.05) is 19.5 Å². The molecule has 0 saturated carbocycles. The van der Waals surface area contributed by atoms with Crippen LogP contribution in [0.2, 0.25) is 0 Å². The van der Waals surface area contributed by atoms with Gasteiger partial charge in [-0.1, -0.05) is 6.42 Å². The predicted octanol–water partition coefficient (Wildman–Crippen LogP) is 3.35. The first-order valence-corrected chi connectivity index (χ1v) is 11.3. The molecule has 2 aromatic rings. The van der Waals surface area contributed by atoms with Crippen LogP contribution in [-0.4, -0.2) is 34.0 Å². The molecule has 0 spiro atoms. The molecule has 2 aromatic heterocycles. The van der Waals surface area contributed by atoms with Gasteiger partial charge in [0.25, 0.3) is 10.0 Å². The third kappa shape index (κ3) is 2.85. The zero-order valence-corrected chi connectivity index (χ0v) is 16.4. The summed E-state index contributed by atoms with van der Waals surface area (Å²) in [4.78, 5) is 0. The molecule has 4 heterocycles. The number of sulfonamides is 1. The molecule has 9 heteroatoms. The maximum atomic E-state index is 13.0. The fraction of sp³-hybridized carbons (Fsp3) is 0.600. The normalized spacial score (nSPS) is 22.5. The molecule has 0 aliphatic carbocycles. The fourth-order valence-corrected chi connectivity index (χ4v) is 7.39. The Kier molecular flexibility index (Phi) is 4.53. The van der Waals surface area contributed by atoms with Crippen LogP contribution >= 0.6 is 27.3 Å². The molecular formula is C15H19BrN4O2S2. The zero-order chi connectivity index (χ0) is 16.7. The summed E-state index contributed by atoms with van der Waals surface area (Å²) in [5.41, 5.74) is 0. The summed E-state index contributed by atoms with van der Waals surface area (Å²) in [7, 11) is -3.49. The Morgan fingerprint density at radius 1 is 1.12 bits per heavy atom. The van der Waals surface area contributed by atoms with Crippen molar-refractivity contribution in [2.45, 2.75) is 55.3 Å². The van der Waals surface area contributed by atoms with E-state index in [1.807, 2.05) is 0 Å². The van der Waals surface area contributed by atoms with E-state index in [0.29, 0.717) is 10.8 Å². The van der Waals surface area contributed by atoms with Crippen LogP contribution in [0.5, 0.6) is 0 Å². The van der Waals surface area contributed by atoms with E-state index in [9.17, 15) is 8.42 Å². The second-order valence-corrected chi connectivity index (χ2v) is 10.8. The average Bonchev–Trinajstić information content (AvgIpc) is 3.24. The van der Waals surface area contributed by atoms with Gasteiger partial charge in [0.05, 0.1) is 9.83 Å². The summed E-state index contributed by atoms with van der Waals surface area (Å²) in [6.07, 6.45) is 6.04. The van der Waals surface area contributed by atoms with Crippen molar-refractivity contribution < 1.29 is 8.42 Å². The summed E-state index contributed by atoms with van der Waals surface area (Å²) >= 11 is 4.61. The number of nitrogens with zero attached hydrogens (tertiary/aromatic N) is 4. The number of halogens is 1. The lowest BCUT2D eigenvalue weighted by molar-refractivity contribution is 0.371. The number of rotatable bonds is 3. The molecule has 2 aliphatic rings. The summed E-state index contributed by atoms with van der Waals surface area (Å²) in [6, 6.07) is 3.26. The molecule has 130 valence electrons. The van der Waals surface area contributed by atoms with Crippen LogP contribution in [0, 0.1) is 0 Å². The lowest BCUT2D eigenvalue weighted by Crippen LogP contribution is -2.31. The van der Waals surface area contributed by atoms with Crippen molar-refractivity contribution in [3.63, 3.8) is 0 Å². The van der Waals surface area contributed by atoms with Gasteiger partial charge in [-0.05, 0) is 53.7 Å². The van der Waals surface area contributed by atoms with E-state index in [1.54, 1.807) is 16.4 Å². The first kappa shape index (κ1) is 16.7. The fourth-order valence-electron chi connectivity index (χ4n) is 3.59. The lowest BCUT2D eigenvalue weighted by Gasteiger charge is -2.23. The Hall–Kier alpha value is -0.770. The predicted molar refractivity (Wildman–Crippen MR) is 95.5 cm³/mol. The van der Waals surface area contributed by atoms with Gasteiger partial charge in [0.1, 0.15) is 10.0 Å². The van der Waals surface area contributed by atoms with Crippen molar-refractivity contribution in [2.75, 3.05) is 6.54 Å². The van der Waals surface area contributed by atoms with Crippen LogP contribution in [0.1, 0.15) is 49.8 Å². The lowest BCUT2D eigenvalue weighted by atomic mass is 10.2. The van der Waals surface area contributed by atoms with Crippen molar-refractivity contribution in [3.05, 3.63) is 27.6 Å². The Bertz CT molecular complexity index is 846. The van der Waals surface area contributed by atoms with E-state index in [2.05, 4.69) is 30.7 Å². The van der Waals surface area contributed by atoms with Crippen LogP contribution in [0.4, 0.5) is 0 Å². The zero-order valence-electron chi connectivity index (χ0n) is 13.2. The topological polar surface area (TPSA) is 68.1 Å². The van der Waals surface area contributed by atoms with Crippen molar-refractivity contribution in [1.29, 1.82) is 0 Å². The standard InChI is InChI=1S/C15H19BrN4O2S2/c16-12-7-8-14(23-12)24(21,22)20-10-4-5-11(20)15-18-17-13-6-2-1-3-9-19(13)15/h7-8,11H,1-6,9-10H2. The molecular weight excluding hydrogens is 412 g/mol. The Morgan fingerprint density at radius 3 is 2.79 bits per heavy atom. The molecule has 1 saturated heterocycles. The Labute approximate surface area is 154 Å². The molecule has 0 aromatic carbocycles. The number of aryl methyl sites for hydroxylation is 1. The van der Waals surface area contributed by atoms with Crippen LogP contribution in [-0.2, 0) is 23.0 Å². The molecule has 1 unspecified atom stereocenters. The minimum Gasteiger partial charge on any atom is -0.314 e. The van der Waals surface area contributed by atoms with Crippen LogP contribution in [0.25, 0.3) is 0 Å². The van der Waals surface area contributed by atoms with E-state index >= 15 is 0 Å². The van der Waals surface area contributed by atoms with E-state index in [4.69, 9.17) is 0 Å². The average molecular weight is 431 g/mol. The van der Waals surface area contributed by atoms with Crippen LogP contribution in [0.3, 0.4) is 0 Å². The van der Waals surface area contributed by atoms with Crippen molar-refractivity contribution in [3.8, 4) is 0 Å². The second kappa shape index (κ2) is 6.51. The third-order valence-corrected chi connectivity index (χ3v) is 8.75. The Balaban J connectivity index is 1.70. The third-order valence-electron chi connectivity index (χ3n) is 4.75. The molecule has 0 radical (unpaired) electrons. The molecule has 0 bridgehead atoms. The van der Waals surface area contributed by atoms with Gasteiger partial charge >= 0.3 is 0 Å². The molecule has 0 N–H and O–H groups in total. The minimum absolute atomic E-state index is 0.199. The highest BCUT2D eigenvalue weighted by Crippen LogP contribution is 2.38. The number of fused-ring (bicyclic) bond motifs is 1. The minimum atomic E-state index is -3.49. The van der Waals surface area contributed by atoms with Crippen LogP contribution in [0.15, 0.2) is 20.1 Å². The largest absolute Gasteiger partial charge is 0.314 e. The molecule has 24 heavy (non-hydrogen) atoms. The van der Waals surface area contributed by atoms with Gasteiger partial charge in [-0.15, -0.1) is 21.5 Å². The van der Waals surface area contributed by atoms with Gasteiger partial charge in [-0.25, -0.2) is 8.42 Å². The summed E-state index contributed by atoms with van der Waals surface area (Å²) in [5, 5.41) is 8.73. The number of hydrogen-bond donors (Lipinski definition) is 0. The molecule has 4 rings (SSSR count). The highest BCUT2D eigenvalue weighted by atomic mass is 79.9. The molecule has 1 atom stereocenters. The van der Waals surface area contributed by atoms with Gasteiger partial charge in [0.2, 0.25) is 0 Å². The van der Waals surface area contributed by atoms with E-state index < -0.39 is 10.0 Å². The smallest absolute Gasteiger partial charge is 0.253 e. The quantitative estimate of drug-likeness (QED) is 0.748. The van der Waals surface area contributed by atoms with Gasteiger partial charge in [0.15, 0.2) is 5.82 Å². The summed E-state index contributed by atoms with van der Waals surface area (Å²) in [5.74, 6) is 1.83. The monoisotopic (exact) mass is 430 g/mol. The summed E-state index contributed by atoms with van der Waals surface area (Å²) < 4.78 is 31.1. The molecule has 1 fully saturated rings. The van der Waals surface area contributed by atoms with Gasteiger partial charge in [-0.3, -0.25) is 0 Å². The molecule has 0 amide bonds. The summed E-state index contributed by atoms with van der Waals surface area (Å²) in [6.45, 7) is 1.44. The van der Waals surface area contributed by atoms with Crippen molar-refractivity contribution in [2.24, 2.45) is 0 Å². The van der Waals surface area contributed by atoms with E-state index in [-0.39, 0.29) is 6.04 Å². The number of aromatic nitrogens is 3. The first-order valence-electron chi connectivity index (χ1n) is 8.26. The van der Waals surface area contributed by atoms with Gasteiger partial charge in [-0.2, -0.15) is 4.31 Å². The Morgan fingerprint density at radius 2 is 2.00 bits per heavy atom.